The summed E-state index contributed by atoms with van der Waals surface area (Å²) in [5.41, 5.74) is 0. The summed E-state index contributed by atoms with van der Waals surface area (Å²) in [5, 5.41) is 2.88. The Morgan fingerprint density at radius 1 is 1.35 bits per heavy atom. The standard InChI is InChI=1S/C12H25NO3Si/c1-8(9-10(14)13-11(9)15-5)16-17(6,7)12(2,3)4/h8-9,11H,1-7H3,(H,13,14)/t8-,9+,11-/m1/s1. The monoisotopic (exact) mass is 259 g/mol. The average molecular weight is 259 g/mol. The van der Waals surface area contributed by atoms with Crippen molar-refractivity contribution in [2.75, 3.05) is 7.11 Å². The molecule has 3 atom stereocenters. The molecule has 0 saturated carbocycles. The van der Waals surface area contributed by atoms with E-state index in [0.29, 0.717) is 0 Å². The highest BCUT2D eigenvalue weighted by atomic mass is 28.4. The van der Waals surface area contributed by atoms with E-state index in [-0.39, 0.29) is 29.2 Å². The van der Waals surface area contributed by atoms with E-state index >= 15 is 0 Å². The SMILES string of the molecule is CO[C@H]1NC(=O)[C@@H]1[C@@H](C)O[Si](C)(C)C(C)(C)C. The van der Waals surface area contributed by atoms with Gasteiger partial charge in [-0.25, -0.2) is 0 Å². The number of ether oxygens (including phenoxy) is 1. The number of hydrogen-bond donors (Lipinski definition) is 1. The van der Waals surface area contributed by atoms with E-state index in [4.69, 9.17) is 9.16 Å². The second kappa shape index (κ2) is 4.70. The Balaban J connectivity index is 2.66. The number of β-lactam (4-membered cyclic amide) rings is 1. The third kappa shape index (κ3) is 2.89. The zero-order valence-electron chi connectivity index (χ0n) is 12.0. The van der Waals surface area contributed by atoms with Crippen LogP contribution in [0.5, 0.6) is 0 Å². The van der Waals surface area contributed by atoms with Crippen molar-refractivity contribution in [3.63, 3.8) is 0 Å². The van der Waals surface area contributed by atoms with Crippen molar-refractivity contribution >= 4 is 14.2 Å². The van der Waals surface area contributed by atoms with Crippen LogP contribution < -0.4 is 5.32 Å². The van der Waals surface area contributed by atoms with Crippen LogP contribution in [0.4, 0.5) is 0 Å². The van der Waals surface area contributed by atoms with Gasteiger partial charge in [0.2, 0.25) is 5.91 Å². The molecule has 1 fully saturated rings. The molecule has 0 aliphatic carbocycles. The third-order valence-corrected chi connectivity index (χ3v) is 8.53. The number of carbonyl (C=O) groups is 1. The van der Waals surface area contributed by atoms with E-state index in [0.717, 1.165) is 0 Å². The normalized spacial score (nSPS) is 27.4. The maximum absolute atomic E-state index is 11.5. The van der Waals surface area contributed by atoms with Crippen molar-refractivity contribution < 1.29 is 14.0 Å². The first-order chi connectivity index (χ1) is 7.60. The smallest absolute Gasteiger partial charge is 0.232 e. The van der Waals surface area contributed by atoms with Gasteiger partial charge in [0.05, 0.1) is 6.10 Å². The molecule has 100 valence electrons. The lowest BCUT2D eigenvalue weighted by Gasteiger charge is -2.44. The first-order valence-corrected chi connectivity index (χ1v) is 9.02. The molecule has 5 heteroatoms. The fourth-order valence-electron chi connectivity index (χ4n) is 1.75. The first-order valence-electron chi connectivity index (χ1n) is 6.11. The van der Waals surface area contributed by atoms with E-state index in [9.17, 15) is 4.79 Å². The number of hydrogen-bond acceptors (Lipinski definition) is 3. The second-order valence-corrected chi connectivity index (χ2v) is 11.0. The lowest BCUT2D eigenvalue weighted by atomic mass is 9.94. The van der Waals surface area contributed by atoms with Gasteiger partial charge < -0.3 is 14.5 Å². The molecule has 1 aliphatic rings. The second-order valence-electron chi connectivity index (χ2n) is 6.27. The maximum atomic E-state index is 11.5. The van der Waals surface area contributed by atoms with Gasteiger partial charge in [0.25, 0.3) is 0 Å². The zero-order chi connectivity index (χ0) is 13.4. The van der Waals surface area contributed by atoms with Crippen molar-refractivity contribution in [1.82, 2.24) is 5.32 Å². The van der Waals surface area contributed by atoms with E-state index in [1.165, 1.54) is 0 Å². The Labute approximate surface area is 105 Å². The highest BCUT2D eigenvalue weighted by Crippen LogP contribution is 2.38. The average Bonchev–Trinajstić information content (AvgIpc) is 2.10. The summed E-state index contributed by atoms with van der Waals surface area (Å²) < 4.78 is 11.4. The minimum Gasteiger partial charge on any atom is -0.413 e. The van der Waals surface area contributed by atoms with E-state index in [1.807, 2.05) is 6.92 Å². The van der Waals surface area contributed by atoms with Crippen LogP contribution in [0.3, 0.4) is 0 Å². The number of methoxy groups -OCH3 is 1. The van der Waals surface area contributed by atoms with Gasteiger partial charge in [-0.15, -0.1) is 0 Å². The fourth-order valence-corrected chi connectivity index (χ4v) is 3.18. The van der Waals surface area contributed by atoms with Gasteiger partial charge in [-0.3, -0.25) is 4.79 Å². The predicted molar refractivity (Wildman–Crippen MR) is 70.2 cm³/mol. The van der Waals surface area contributed by atoms with Crippen molar-refractivity contribution in [2.24, 2.45) is 5.92 Å². The molecule has 0 unspecified atom stereocenters. The Morgan fingerprint density at radius 3 is 2.24 bits per heavy atom. The molecule has 0 bridgehead atoms. The Morgan fingerprint density at radius 2 is 1.88 bits per heavy atom. The molecular weight excluding hydrogens is 234 g/mol. The van der Waals surface area contributed by atoms with Crippen molar-refractivity contribution in [2.45, 2.75) is 58.2 Å². The van der Waals surface area contributed by atoms with E-state index in [1.54, 1.807) is 7.11 Å². The Hall–Kier alpha value is -0.393. The van der Waals surface area contributed by atoms with Crippen LogP contribution in [0.25, 0.3) is 0 Å². The molecule has 0 aromatic carbocycles. The summed E-state index contributed by atoms with van der Waals surface area (Å²) >= 11 is 0. The molecule has 1 heterocycles. The topological polar surface area (TPSA) is 47.6 Å². The Bertz CT molecular complexity index is 299. The highest BCUT2D eigenvalue weighted by Gasteiger charge is 2.47. The molecule has 0 aromatic rings. The summed E-state index contributed by atoms with van der Waals surface area (Å²) in [6.45, 7) is 12.9. The van der Waals surface area contributed by atoms with Crippen molar-refractivity contribution in [1.29, 1.82) is 0 Å². The minimum atomic E-state index is -1.82. The third-order valence-electron chi connectivity index (χ3n) is 3.96. The predicted octanol–water partition coefficient (Wildman–Crippen LogP) is 2.12. The van der Waals surface area contributed by atoms with E-state index < -0.39 is 8.32 Å². The zero-order valence-corrected chi connectivity index (χ0v) is 13.0. The molecule has 1 saturated heterocycles. The van der Waals surface area contributed by atoms with Crippen LogP contribution in [0.15, 0.2) is 0 Å². The van der Waals surface area contributed by atoms with Gasteiger partial charge in [-0.05, 0) is 25.1 Å². The fraction of sp³-hybridized carbons (Fsp3) is 0.917. The minimum absolute atomic E-state index is 0.0306. The first kappa shape index (κ1) is 14.7. The van der Waals surface area contributed by atoms with E-state index in [2.05, 4.69) is 39.2 Å². The Kier molecular flexibility index (Phi) is 4.06. The summed E-state index contributed by atoms with van der Waals surface area (Å²) in [5.74, 6) is -0.141. The largest absolute Gasteiger partial charge is 0.413 e. The van der Waals surface area contributed by atoms with Crippen LogP contribution in [0.2, 0.25) is 18.1 Å². The summed E-state index contributed by atoms with van der Waals surface area (Å²) in [4.78, 5) is 11.5. The molecule has 1 N–H and O–H groups in total. The molecule has 4 nitrogen and oxygen atoms in total. The van der Waals surface area contributed by atoms with Crippen LogP contribution in [-0.4, -0.2) is 33.7 Å². The molecule has 0 aromatic heterocycles. The maximum Gasteiger partial charge on any atom is 0.232 e. The lowest BCUT2D eigenvalue weighted by molar-refractivity contribution is -0.158. The molecule has 0 spiro atoms. The molecule has 1 rings (SSSR count). The van der Waals surface area contributed by atoms with Gasteiger partial charge >= 0.3 is 0 Å². The molecular formula is C12H25NO3Si. The number of carbonyl (C=O) groups excluding carboxylic acids is 1. The molecule has 0 radical (unpaired) electrons. The van der Waals surface area contributed by atoms with Gasteiger partial charge in [-0.1, -0.05) is 20.8 Å². The highest BCUT2D eigenvalue weighted by molar-refractivity contribution is 6.74. The van der Waals surface area contributed by atoms with Crippen LogP contribution >= 0.6 is 0 Å². The summed E-state index contributed by atoms with van der Waals surface area (Å²) in [7, 11) is -0.213. The van der Waals surface area contributed by atoms with Gasteiger partial charge in [0.1, 0.15) is 12.1 Å². The number of nitrogens with one attached hydrogen (secondary N) is 1. The molecule has 17 heavy (non-hydrogen) atoms. The van der Waals surface area contributed by atoms with Gasteiger partial charge in [0.15, 0.2) is 8.32 Å². The van der Waals surface area contributed by atoms with Gasteiger partial charge in [-0.2, -0.15) is 0 Å². The van der Waals surface area contributed by atoms with Crippen LogP contribution in [0.1, 0.15) is 27.7 Å². The summed E-state index contributed by atoms with van der Waals surface area (Å²) in [6, 6.07) is 0. The quantitative estimate of drug-likeness (QED) is 0.621. The number of rotatable bonds is 4. The van der Waals surface area contributed by atoms with Crippen molar-refractivity contribution in [3.8, 4) is 0 Å². The molecule has 1 aliphatic heterocycles. The van der Waals surface area contributed by atoms with Gasteiger partial charge in [0, 0.05) is 7.11 Å². The van der Waals surface area contributed by atoms with Crippen LogP contribution in [-0.2, 0) is 14.0 Å². The lowest BCUT2D eigenvalue weighted by Crippen LogP contribution is -2.64. The van der Waals surface area contributed by atoms with Crippen molar-refractivity contribution in [3.05, 3.63) is 0 Å². The summed E-state index contributed by atoms with van der Waals surface area (Å²) in [6.07, 6.45) is -0.281. The number of amides is 1. The van der Waals surface area contributed by atoms with Crippen LogP contribution in [0, 0.1) is 5.92 Å². The molecule has 1 amide bonds.